The van der Waals surface area contributed by atoms with Gasteiger partial charge in [-0.1, -0.05) is 55.7 Å². The number of fused-ring (bicyclic) bond motifs is 1. The molecular weight excluding hydrogens is 457 g/mol. The zero-order chi connectivity index (χ0) is 24.9. The summed E-state index contributed by atoms with van der Waals surface area (Å²) in [6, 6.07) is 19.2. The number of nitrogens with zero attached hydrogens (tertiary/aromatic N) is 3. The predicted octanol–water partition coefficient (Wildman–Crippen LogP) is 6.05. The molecular formula is C29H28FN3O3. The summed E-state index contributed by atoms with van der Waals surface area (Å²) in [5.41, 5.74) is 1.53. The lowest BCUT2D eigenvalue weighted by molar-refractivity contribution is 0.279. The molecule has 184 valence electrons. The minimum atomic E-state index is -0.339. The molecule has 1 aromatic heterocycles. The van der Waals surface area contributed by atoms with Crippen molar-refractivity contribution in [2.24, 2.45) is 5.10 Å². The number of hydrogen-bond acceptors (Lipinski definition) is 5. The van der Waals surface area contributed by atoms with E-state index in [1.165, 1.54) is 17.2 Å². The highest BCUT2D eigenvalue weighted by Crippen LogP contribution is 2.33. The Kier molecular flexibility index (Phi) is 7.07. The Hall–Kier alpha value is -4.00. The monoisotopic (exact) mass is 485 g/mol. The standard InChI is InChI=1S/C29H28FN3O3/c1-35-26-17-9-13-21(27(26)36-19-22-12-5-7-15-24(22)30)18-31-33-28(20-10-3-2-4-11-20)32-25-16-8-6-14-23(25)29(33)34/h5-9,12-18,20H,2-4,10-11,19H2,1H3. The zero-order valence-corrected chi connectivity index (χ0v) is 20.2. The molecule has 1 heterocycles. The Labute approximate surface area is 209 Å². The van der Waals surface area contributed by atoms with Gasteiger partial charge in [-0.15, -0.1) is 0 Å². The highest BCUT2D eigenvalue weighted by atomic mass is 19.1. The molecule has 0 amide bonds. The lowest BCUT2D eigenvalue weighted by atomic mass is 9.88. The van der Waals surface area contributed by atoms with E-state index in [1.54, 1.807) is 43.7 Å². The van der Waals surface area contributed by atoms with Gasteiger partial charge in [0.15, 0.2) is 11.5 Å². The Morgan fingerprint density at radius 2 is 1.81 bits per heavy atom. The minimum Gasteiger partial charge on any atom is -0.493 e. The first-order chi connectivity index (χ1) is 17.7. The first kappa shape index (κ1) is 23.7. The summed E-state index contributed by atoms with van der Waals surface area (Å²) < 4.78 is 27.1. The number of halogens is 1. The molecule has 0 N–H and O–H groups in total. The second-order valence-corrected chi connectivity index (χ2v) is 8.94. The van der Waals surface area contributed by atoms with Crippen molar-refractivity contribution < 1.29 is 13.9 Å². The number of rotatable bonds is 7. The van der Waals surface area contributed by atoms with Gasteiger partial charge in [0.2, 0.25) is 0 Å². The quantitative estimate of drug-likeness (QED) is 0.299. The van der Waals surface area contributed by atoms with Crippen molar-refractivity contribution in [1.29, 1.82) is 0 Å². The van der Waals surface area contributed by atoms with Gasteiger partial charge in [0, 0.05) is 17.0 Å². The first-order valence-corrected chi connectivity index (χ1v) is 12.2. The number of ether oxygens (including phenoxy) is 2. The van der Waals surface area contributed by atoms with E-state index in [9.17, 15) is 9.18 Å². The normalized spacial score (nSPS) is 14.4. The van der Waals surface area contributed by atoms with Crippen LogP contribution in [0.3, 0.4) is 0 Å². The van der Waals surface area contributed by atoms with Crippen LogP contribution in [-0.4, -0.2) is 23.0 Å². The van der Waals surface area contributed by atoms with Crippen molar-refractivity contribution in [3.8, 4) is 11.5 Å². The molecule has 7 heteroatoms. The van der Waals surface area contributed by atoms with Gasteiger partial charge in [-0.3, -0.25) is 4.79 Å². The molecule has 0 unspecified atom stereocenters. The van der Waals surface area contributed by atoms with Crippen molar-refractivity contribution in [3.63, 3.8) is 0 Å². The highest BCUT2D eigenvalue weighted by molar-refractivity contribution is 5.85. The van der Waals surface area contributed by atoms with Crippen molar-refractivity contribution >= 4 is 17.1 Å². The molecule has 1 fully saturated rings. The van der Waals surface area contributed by atoms with Crippen LogP contribution in [0.15, 0.2) is 76.6 Å². The second-order valence-electron chi connectivity index (χ2n) is 8.94. The maximum Gasteiger partial charge on any atom is 0.282 e. The number of para-hydroxylation sites is 2. The highest BCUT2D eigenvalue weighted by Gasteiger charge is 2.22. The summed E-state index contributed by atoms with van der Waals surface area (Å²) in [4.78, 5) is 18.3. The summed E-state index contributed by atoms with van der Waals surface area (Å²) in [7, 11) is 1.55. The molecule has 0 aliphatic heterocycles. The van der Waals surface area contributed by atoms with E-state index in [4.69, 9.17) is 14.5 Å². The fourth-order valence-electron chi connectivity index (χ4n) is 4.71. The van der Waals surface area contributed by atoms with E-state index < -0.39 is 0 Å². The lowest BCUT2D eigenvalue weighted by Crippen LogP contribution is -2.25. The van der Waals surface area contributed by atoms with Gasteiger partial charge >= 0.3 is 0 Å². The van der Waals surface area contributed by atoms with Crippen LogP contribution in [0.1, 0.15) is 55.0 Å². The minimum absolute atomic E-state index is 0.0265. The topological polar surface area (TPSA) is 65.7 Å². The third-order valence-electron chi connectivity index (χ3n) is 6.62. The van der Waals surface area contributed by atoms with Crippen LogP contribution in [-0.2, 0) is 6.61 Å². The third-order valence-corrected chi connectivity index (χ3v) is 6.62. The molecule has 5 rings (SSSR count). The Morgan fingerprint density at radius 3 is 2.61 bits per heavy atom. The number of hydrogen-bond donors (Lipinski definition) is 0. The maximum atomic E-state index is 14.2. The van der Waals surface area contributed by atoms with Crippen LogP contribution in [0.2, 0.25) is 0 Å². The first-order valence-electron chi connectivity index (χ1n) is 12.2. The van der Waals surface area contributed by atoms with Gasteiger partial charge in [0.25, 0.3) is 5.56 Å². The molecule has 1 saturated carbocycles. The SMILES string of the molecule is COc1cccc(C=Nn2c(C3CCCCC3)nc3ccccc3c2=O)c1OCc1ccccc1F. The molecule has 4 aromatic rings. The van der Waals surface area contributed by atoms with Crippen LogP contribution in [0.4, 0.5) is 4.39 Å². The molecule has 1 aliphatic carbocycles. The van der Waals surface area contributed by atoms with E-state index in [1.807, 2.05) is 30.3 Å². The molecule has 0 radical (unpaired) electrons. The van der Waals surface area contributed by atoms with Gasteiger partial charge in [0.05, 0.1) is 24.2 Å². The molecule has 0 saturated heterocycles. The van der Waals surface area contributed by atoms with Crippen LogP contribution in [0, 0.1) is 5.82 Å². The van der Waals surface area contributed by atoms with Crippen LogP contribution < -0.4 is 15.0 Å². The van der Waals surface area contributed by atoms with Gasteiger partial charge in [0.1, 0.15) is 18.2 Å². The second kappa shape index (κ2) is 10.7. The van der Waals surface area contributed by atoms with Gasteiger partial charge in [-0.25, -0.2) is 9.37 Å². The van der Waals surface area contributed by atoms with Crippen molar-refractivity contribution in [2.75, 3.05) is 7.11 Å². The lowest BCUT2D eigenvalue weighted by Gasteiger charge is -2.22. The summed E-state index contributed by atoms with van der Waals surface area (Å²) in [6.45, 7) is 0.0265. The molecule has 36 heavy (non-hydrogen) atoms. The third kappa shape index (κ3) is 4.87. The molecule has 0 spiro atoms. The number of benzene rings is 3. The Morgan fingerprint density at radius 1 is 1.03 bits per heavy atom. The number of aromatic nitrogens is 2. The Balaban J connectivity index is 1.55. The largest absolute Gasteiger partial charge is 0.493 e. The molecule has 1 aliphatic rings. The summed E-state index contributed by atoms with van der Waals surface area (Å²) in [6.07, 6.45) is 6.97. The van der Waals surface area contributed by atoms with E-state index in [0.29, 0.717) is 39.4 Å². The van der Waals surface area contributed by atoms with Crippen molar-refractivity contribution in [1.82, 2.24) is 9.66 Å². The van der Waals surface area contributed by atoms with E-state index in [2.05, 4.69) is 5.10 Å². The maximum absolute atomic E-state index is 14.2. The molecule has 3 aromatic carbocycles. The fourth-order valence-corrected chi connectivity index (χ4v) is 4.71. The molecule has 0 atom stereocenters. The summed E-state index contributed by atoms with van der Waals surface area (Å²) >= 11 is 0. The average Bonchev–Trinajstić information content (AvgIpc) is 2.92. The van der Waals surface area contributed by atoms with Crippen LogP contribution >= 0.6 is 0 Å². The summed E-state index contributed by atoms with van der Waals surface area (Å²) in [5, 5.41) is 5.14. The zero-order valence-electron chi connectivity index (χ0n) is 20.2. The average molecular weight is 486 g/mol. The smallest absolute Gasteiger partial charge is 0.282 e. The fraction of sp³-hybridized carbons (Fsp3) is 0.276. The number of methoxy groups -OCH3 is 1. The van der Waals surface area contributed by atoms with Crippen molar-refractivity contribution in [3.05, 3.63) is 99.9 Å². The molecule has 0 bridgehead atoms. The summed E-state index contributed by atoms with van der Waals surface area (Å²) in [5.74, 6) is 1.44. The Bertz CT molecular complexity index is 1460. The van der Waals surface area contributed by atoms with Gasteiger partial charge in [-0.2, -0.15) is 9.78 Å². The van der Waals surface area contributed by atoms with Gasteiger partial charge < -0.3 is 9.47 Å². The van der Waals surface area contributed by atoms with Crippen LogP contribution in [0.25, 0.3) is 10.9 Å². The van der Waals surface area contributed by atoms with Crippen LogP contribution in [0.5, 0.6) is 11.5 Å². The van der Waals surface area contributed by atoms with Crippen molar-refractivity contribution in [2.45, 2.75) is 44.6 Å². The van der Waals surface area contributed by atoms with Gasteiger partial charge in [-0.05, 0) is 43.2 Å². The molecule has 6 nitrogen and oxygen atoms in total. The van der Waals surface area contributed by atoms with E-state index in [-0.39, 0.29) is 23.9 Å². The predicted molar refractivity (Wildman–Crippen MR) is 139 cm³/mol. The van der Waals surface area contributed by atoms with E-state index >= 15 is 0 Å². The van der Waals surface area contributed by atoms with E-state index in [0.717, 1.165) is 25.7 Å².